The predicted octanol–water partition coefficient (Wildman–Crippen LogP) is 2.49. The quantitative estimate of drug-likeness (QED) is 0.252. The van der Waals surface area contributed by atoms with E-state index in [1.54, 1.807) is 36.4 Å². The Morgan fingerprint density at radius 2 is 1.54 bits per heavy atom. The van der Waals surface area contributed by atoms with Crippen LogP contribution in [-0.2, 0) is 11.2 Å². The van der Waals surface area contributed by atoms with Gasteiger partial charge in [0.05, 0.1) is 26.9 Å². The second kappa shape index (κ2) is 11.9. The third-order valence-electron chi connectivity index (χ3n) is 5.68. The average Bonchev–Trinajstić information content (AvgIpc) is 2.91. The van der Waals surface area contributed by atoms with Crippen molar-refractivity contribution in [2.45, 2.75) is 25.8 Å². The van der Waals surface area contributed by atoms with Crippen LogP contribution < -0.4 is 41.0 Å². The molecule has 0 heterocycles. The van der Waals surface area contributed by atoms with Gasteiger partial charge in [0.15, 0.2) is 11.5 Å². The van der Waals surface area contributed by atoms with E-state index in [-0.39, 0.29) is 34.9 Å². The minimum absolute atomic E-state index is 0.0152. The molecule has 3 rings (SSSR count). The van der Waals surface area contributed by atoms with Crippen molar-refractivity contribution in [1.82, 2.24) is 0 Å². The van der Waals surface area contributed by atoms with Crippen LogP contribution in [0.2, 0.25) is 0 Å². The molecule has 0 aliphatic rings. The van der Waals surface area contributed by atoms with Gasteiger partial charge in [-0.05, 0) is 36.2 Å². The lowest BCUT2D eigenvalue weighted by Crippen LogP contribution is -2.42. The number of benzene rings is 2. The van der Waals surface area contributed by atoms with Gasteiger partial charge < -0.3 is 35.3 Å². The number of aliphatic carboxylic acids is 1. The van der Waals surface area contributed by atoms with Crippen LogP contribution >= 0.6 is 0 Å². The molecule has 0 radical (unpaired) electrons. The molecule has 0 bridgehead atoms. The summed E-state index contributed by atoms with van der Waals surface area (Å²) < 4.78 is 15.9. The van der Waals surface area contributed by atoms with Gasteiger partial charge in [-0.25, -0.2) is 4.79 Å². The number of ether oxygens (including phenoxy) is 3. The molecular weight excluding hydrogens is 482 g/mol. The Morgan fingerprint density at radius 3 is 2.11 bits per heavy atom. The Labute approximate surface area is 213 Å². The third kappa shape index (κ3) is 5.83. The maximum atomic E-state index is 12.9. The van der Waals surface area contributed by atoms with E-state index in [1.807, 2.05) is 6.92 Å². The molecule has 1 unspecified atom stereocenters. The molecule has 0 aliphatic carbocycles. The lowest BCUT2D eigenvalue weighted by molar-refractivity contribution is -0.137. The average molecular weight is 512 g/mol. The predicted molar refractivity (Wildman–Crippen MR) is 139 cm³/mol. The van der Waals surface area contributed by atoms with Crippen LogP contribution in [0.5, 0.6) is 17.2 Å². The van der Waals surface area contributed by atoms with Gasteiger partial charge in [0.2, 0.25) is 5.75 Å². The van der Waals surface area contributed by atoms with Gasteiger partial charge in [-0.3, -0.25) is 14.4 Å². The van der Waals surface area contributed by atoms with Crippen LogP contribution in [0.1, 0.15) is 29.3 Å². The molecule has 11 heteroatoms. The summed E-state index contributed by atoms with van der Waals surface area (Å²) in [5.74, 6) is -0.693. The van der Waals surface area contributed by atoms with Crippen molar-refractivity contribution >= 4 is 28.9 Å². The Kier molecular flexibility index (Phi) is 8.72. The number of anilines is 3. The largest absolute Gasteiger partial charge is 0.493 e. The van der Waals surface area contributed by atoms with Crippen LogP contribution in [0.3, 0.4) is 0 Å². The summed E-state index contributed by atoms with van der Waals surface area (Å²) in [4.78, 5) is 48.5. The number of carbonyl (C=O) groups is 2. The number of hydrogen-bond donors (Lipinski definition) is 4. The summed E-state index contributed by atoms with van der Waals surface area (Å²) in [6.45, 7) is 2.39. The van der Waals surface area contributed by atoms with Gasteiger partial charge in [-0.2, -0.15) is 0 Å². The first kappa shape index (κ1) is 27.1. The van der Waals surface area contributed by atoms with E-state index in [0.29, 0.717) is 23.5 Å². The summed E-state index contributed by atoms with van der Waals surface area (Å²) in [5.41, 5.74) is 0.0438. The highest BCUT2D eigenvalue weighted by molar-refractivity contribution is 6.07. The van der Waals surface area contributed by atoms with Gasteiger partial charge in [0.1, 0.15) is 17.4 Å². The summed E-state index contributed by atoms with van der Waals surface area (Å²) >= 11 is 0. The minimum atomic E-state index is -1.17. The van der Waals surface area contributed by atoms with Crippen molar-refractivity contribution in [3.8, 4) is 17.2 Å². The molecule has 0 aromatic heterocycles. The first-order valence-electron chi connectivity index (χ1n) is 11.5. The fraction of sp³-hybridized carbons (Fsp3) is 0.308. The standard InChI is InChI=1S/C26H29N3O8/c1-5-12-27-19-20(22(31)21(19)30)29-17(26(33)34)13-14-6-8-15(9-7-14)28-25(32)16-10-11-18(35-2)24(37-4)23(16)36-3/h6-11,17,27,29H,5,12-13H2,1-4H3,(H,28,32)(H,33,34). The van der Waals surface area contributed by atoms with Crippen molar-refractivity contribution in [3.05, 3.63) is 68.0 Å². The normalized spacial score (nSPS) is 11.5. The number of nitrogens with one attached hydrogen (secondary N) is 3. The fourth-order valence-electron chi connectivity index (χ4n) is 3.76. The van der Waals surface area contributed by atoms with E-state index in [9.17, 15) is 24.3 Å². The highest BCUT2D eigenvalue weighted by Gasteiger charge is 2.26. The van der Waals surface area contributed by atoms with Crippen LogP contribution in [0, 0.1) is 0 Å². The maximum Gasteiger partial charge on any atom is 0.326 e. The number of methoxy groups -OCH3 is 3. The Hall–Kier alpha value is -4.54. The molecule has 3 aromatic rings. The molecule has 0 saturated carbocycles. The summed E-state index contributed by atoms with van der Waals surface area (Å²) in [7, 11) is 4.34. The van der Waals surface area contributed by atoms with E-state index in [0.717, 1.165) is 6.42 Å². The molecule has 0 aliphatic heterocycles. The molecule has 0 fully saturated rings. The van der Waals surface area contributed by atoms with Crippen molar-refractivity contribution in [3.63, 3.8) is 0 Å². The molecule has 0 spiro atoms. The first-order valence-corrected chi connectivity index (χ1v) is 11.5. The zero-order valence-electron chi connectivity index (χ0n) is 21.0. The Balaban J connectivity index is 1.72. The van der Waals surface area contributed by atoms with E-state index in [2.05, 4.69) is 16.0 Å². The van der Waals surface area contributed by atoms with Crippen LogP contribution in [0.25, 0.3) is 0 Å². The Bertz CT molecular complexity index is 1340. The molecule has 0 saturated heterocycles. The summed E-state index contributed by atoms with van der Waals surface area (Å²) in [5, 5.41) is 18.0. The second-order valence-electron chi connectivity index (χ2n) is 8.11. The highest BCUT2D eigenvalue weighted by Crippen LogP contribution is 2.40. The molecular formula is C26H29N3O8. The monoisotopic (exact) mass is 511 g/mol. The summed E-state index contributed by atoms with van der Waals surface area (Å²) in [6, 6.07) is 8.60. The van der Waals surface area contributed by atoms with Crippen molar-refractivity contribution in [2.75, 3.05) is 43.8 Å². The fourth-order valence-corrected chi connectivity index (χ4v) is 3.76. The van der Waals surface area contributed by atoms with Crippen molar-refractivity contribution in [1.29, 1.82) is 0 Å². The van der Waals surface area contributed by atoms with Crippen LogP contribution in [0.4, 0.5) is 17.1 Å². The van der Waals surface area contributed by atoms with Crippen LogP contribution in [-0.4, -0.2) is 50.9 Å². The summed E-state index contributed by atoms with van der Waals surface area (Å²) in [6.07, 6.45) is 0.779. The highest BCUT2D eigenvalue weighted by atomic mass is 16.5. The van der Waals surface area contributed by atoms with E-state index in [4.69, 9.17) is 14.2 Å². The lowest BCUT2D eigenvalue weighted by atomic mass is 10.0. The van der Waals surface area contributed by atoms with E-state index < -0.39 is 28.8 Å². The van der Waals surface area contributed by atoms with E-state index in [1.165, 1.54) is 21.3 Å². The molecule has 1 amide bonds. The second-order valence-corrected chi connectivity index (χ2v) is 8.11. The van der Waals surface area contributed by atoms with Gasteiger partial charge in [0, 0.05) is 18.7 Å². The molecule has 3 aromatic carbocycles. The van der Waals surface area contributed by atoms with Crippen molar-refractivity contribution in [2.24, 2.45) is 0 Å². The topological polar surface area (TPSA) is 152 Å². The molecule has 4 N–H and O–H groups in total. The smallest absolute Gasteiger partial charge is 0.326 e. The third-order valence-corrected chi connectivity index (χ3v) is 5.68. The number of carboxylic acid groups (broad SMARTS) is 1. The molecule has 196 valence electrons. The number of hydrogen-bond acceptors (Lipinski definition) is 9. The first-order chi connectivity index (χ1) is 17.7. The molecule has 11 nitrogen and oxygen atoms in total. The number of carbonyl (C=O) groups excluding carboxylic acids is 1. The van der Waals surface area contributed by atoms with Crippen LogP contribution in [0.15, 0.2) is 46.0 Å². The van der Waals surface area contributed by atoms with Gasteiger partial charge in [0.25, 0.3) is 16.8 Å². The van der Waals surface area contributed by atoms with Gasteiger partial charge >= 0.3 is 5.97 Å². The maximum absolute atomic E-state index is 12.9. The number of amides is 1. The zero-order valence-corrected chi connectivity index (χ0v) is 21.0. The zero-order chi connectivity index (χ0) is 27.1. The van der Waals surface area contributed by atoms with Gasteiger partial charge in [-0.15, -0.1) is 0 Å². The molecule has 1 atom stereocenters. The minimum Gasteiger partial charge on any atom is -0.493 e. The van der Waals surface area contributed by atoms with Crippen molar-refractivity contribution < 1.29 is 28.9 Å². The number of carboxylic acids is 1. The number of rotatable bonds is 13. The van der Waals surface area contributed by atoms with E-state index >= 15 is 0 Å². The Morgan fingerprint density at radius 1 is 0.892 bits per heavy atom. The molecule has 37 heavy (non-hydrogen) atoms. The van der Waals surface area contributed by atoms with Gasteiger partial charge in [-0.1, -0.05) is 19.1 Å². The SMILES string of the molecule is CCCNc1c(NC(Cc2ccc(NC(=O)c3ccc(OC)c(OC)c3OC)cc2)C(=O)O)c(=O)c1=O. The lowest BCUT2D eigenvalue weighted by Gasteiger charge is -2.20.